The number of nitrogens with zero attached hydrogens (tertiary/aromatic N) is 1. The summed E-state index contributed by atoms with van der Waals surface area (Å²) in [6.45, 7) is 4.46. The van der Waals surface area contributed by atoms with Gasteiger partial charge in [0.25, 0.3) is 11.8 Å². The summed E-state index contributed by atoms with van der Waals surface area (Å²) in [6, 6.07) is 19.1. The molecule has 35 heavy (non-hydrogen) atoms. The van der Waals surface area contributed by atoms with E-state index in [1.807, 2.05) is 38.1 Å². The summed E-state index contributed by atoms with van der Waals surface area (Å²) in [5, 5.41) is 2.24. The van der Waals surface area contributed by atoms with Gasteiger partial charge in [0.05, 0.1) is 5.69 Å². The van der Waals surface area contributed by atoms with Gasteiger partial charge in [-0.25, -0.2) is 9.69 Å². The van der Waals surface area contributed by atoms with Crippen LogP contribution in [0.3, 0.4) is 0 Å². The first-order valence-electron chi connectivity index (χ1n) is 10.9. The highest BCUT2D eigenvalue weighted by atomic mass is 79.9. The van der Waals surface area contributed by atoms with Crippen LogP contribution in [-0.2, 0) is 9.59 Å². The Morgan fingerprint density at radius 3 is 2.17 bits per heavy atom. The van der Waals surface area contributed by atoms with Crippen LogP contribution in [-0.4, -0.2) is 31.1 Å². The van der Waals surface area contributed by atoms with Crippen molar-refractivity contribution in [1.82, 2.24) is 5.32 Å². The highest BCUT2D eigenvalue weighted by molar-refractivity contribution is 9.10. The van der Waals surface area contributed by atoms with Gasteiger partial charge in [-0.1, -0.05) is 51.3 Å². The van der Waals surface area contributed by atoms with Gasteiger partial charge in [0.1, 0.15) is 30.3 Å². The van der Waals surface area contributed by atoms with Crippen molar-refractivity contribution < 1.29 is 23.9 Å². The molecule has 178 valence electrons. The van der Waals surface area contributed by atoms with E-state index in [0.29, 0.717) is 23.6 Å². The van der Waals surface area contributed by atoms with E-state index in [4.69, 9.17) is 9.47 Å². The average molecular weight is 535 g/mol. The lowest BCUT2D eigenvalue weighted by Gasteiger charge is -2.26. The number of carbonyl (C=O) groups is 3. The quantitative estimate of drug-likeness (QED) is 0.256. The molecule has 0 aromatic heterocycles. The molecule has 0 unspecified atom stereocenters. The molecule has 3 aromatic carbocycles. The lowest BCUT2D eigenvalue weighted by atomic mass is 10.1. The second-order valence-electron chi connectivity index (χ2n) is 7.99. The number of imide groups is 2. The van der Waals surface area contributed by atoms with Crippen molar-refractivity contribution in [1.29, 1.82) is 0 Å². The summed E-state index contributed by atoms with van der Waals surface area (Å²) < 4.78 is 12.3. The van der Waals surface area contributed by atoms with E-state index in [-0.39, 0.29) is 12.2 Å². The van der Waals surface area contributed by atoms with E-state index in [1.54, 1.807) is 42.5 Å². The van der Waals surface area contributed by atoms with Crippen LogP contribution >= 0.6 is 15.9 Å². The molecule has 1 fully saturated rings. The van der Waals surface area contributed by atoms with Crippen LogP contribution < -0.4 is 19.7 Å². The molecular weight excluding hydrogens is 512 g/mol. The van der Waals surface area contributed by atoms with Crippen LogP contribution in [0.4, 0.5) is 10.5 Å². The molecule has 0 radical (unpaired) electrons. The first kappa shape index (κ1) is 24.2. The third kappa shape index (κ3) is 5.78. The number of rotatable bonds is 7. The number of barbiturate groups is 1. The minimum atomic E-state index is -0.792. The third-order valence-corrected chi connectivity index (χ3v) is 5.79. The van der Waals surface area contributed by atoms with Crippen molar-refractivity contribution >= 4 is 45.5 Å². The number of urea groups is 1. The molecule has 0 bridgehead atoms. The molecule has 3 aromatic rings. The number of anilines is 1. The predicted molar refractivity (Wildman–Crippen MR) is 136 cm³/mol. The molecule has 1 N–H and O–H groups in total. The Kier molecular flexibility index (Phi) is 7.31. The standard InChI is InChI=1S/C27H23BrN2O5/c1-17-3-8-21(9-4-17)30-26(32)23(25(31)29-27(30)33)16-19-15-20(28)7-12-24(19)35-14-13-34-22-10-5-18(2)6-11-22/h3-12,15-16H,13-14H2,1-2H3,(H,29,31,33)/b23-16-. The molecule has 0 spiro atoms. The topological polar surface area (TPSA) is 84.9 Å². The molecule has 0 atom stereocenters. The Morgan fingerprint density at radius 1 is 0.857 bits per heavy atom. The van der Waals surface area contributed by atoms with Gasteiger partial charge >= 0.3 is 6.03 Å². The first-order valence-corrected chi connectivity index (χ1v) is 11.7. The van der Waals surface area contributed by atoms with Gasteiger partial charge in [0.2, 0.25) is 0 Å². The van der Waals surface area contributed by atoms with E-state index >= 15 is 0 Å². The Labute approximate surface area is 211 Å². The molecule has 1 aliphatic rings. The Morgan fingerprint density at radius 2 is 1.49 bits per heavy atom. The summed E-state index contributed by atoms with van der Waals surface area (Å²) in [7, 11) is 0. The third-order valence-electron chi connectivity index (χ3n) is 5.30. The fourth-order valence-electron chi connectivity index (χ4n) is 3.45. The molecule has 1 heterocycles. The summed E-state index contributed by atoms with van der Waals surface area (Å²) >= 11 is 3.41. The summed E-state index contributed by atoms with van der Waals surface area (Å²) in [5.41, 5.74) is 2.82. The summed E-state index contributed by atoms with van der Waals surface area (Å²) in [4.78, 5) is 39.1. The molecule has 8 heteroatoms. The second kappa shape index (κ2) is 10.6. The van der Waals surface area contributed by atoms with Crippen LogP contribution in [0.5, 0.6) is 11.5 Å². The molecule has 1 aliphatic heterocycles. The number of benzene rings is 3. The monoisotopic (exact) mass is 534 g/mol. The minimum Gasteiger partial charge on any atom is -0.490 e. The molecular formula is C27H23BrN2O5. The smallest absolute Gasteiger partial charge is 0.335 e. The zero-order chi connectivity index (χ0) is 24.9. The van der Waals surface area contributed by atoms with Gasteiger partial charge in [0.15, 0.2) is 0 Å². The number of ether oxygens (including phenoxy) is 2. The predicted octanol–water partition coefficient (Wildman–Crippen LogP) is 5.19. The van der Waals surface area contributed by atoms with Gasteiger partial charge in [-0.3, -0.25) is 14.9 Å². The number of halogens is 1. The van der Waals surface area contributed by atoms with Crippen molar-refractivity contribution in [3.05, 3.63) is 93.5 Å². The van der Waals surface area contributed by atoms with Crippen molar-refractivity contribution in [2.75, 3.05) is 18.1 Å². The molecule has 0 saturated carbocycles. The average Bonchev–Trinajstić information content (AvgIpc) is 2.83. The van der Waals surface area contributed by atoms with Crippen LogP contribution in [0.2, 0.25) is 0 Å². The maximum Gasteiger partial charge on any atom is 0.335 e. The van der Waals surface area contributed by atoms with E-state index in [9.17, 15) is 14.4 Å². The van der Waals surface area contributed by atoms with Gasteiger partial charge in [0, 0.05) is 10.0 Å². The molecule has 4 amide bonds. The SMILES string of the molecule is Cc1ccc(OCCOc2ccc(Br)cc2/C=C2/C(=O)NC(=O)N(c3ccc(C)cc3)C2=O)cc1. The number of aryl methyl sites for hydroxylation is 2. The fraction of sp³-hybridized carbons (Fsp3) is 0.148. The normalized spacial score (nSPS) is 14.8. The Hall–Kier alpha value is -3.91. The van der Waals surface area contributed by atoms with E-state index in [1.165, 1.54) is 6.08 Å². The van der Waals surface area contributed by atoms with Gasteiger partial charge in [-0.05, 0) is 62.4 Å². The van der Waals surface area contributed by atoms with Crippen molar-refractivity contribution in [3.8, 4) is 11.5 Å². The lowest BCUT2D eigenvalue weighted by Crippen LogP contribution is -2.54. The number of nitrogens with one attached hydrogen (secondary N) is 1. The van der Waals surface area contributed by atoms with Gasteiger partial charge in [-0.15, -0.1) is 0 Å². The van der Waals surface area contributed by atoms with Gasteiger partial charge in [-0.2, -0.15) is 0 Å². The second-order valence-corrected chi connectivity index (χ2v) is 8.90. The maximum atomic E-state index is 13.2. The van der Waals surface area contributed by atoms with Gasteiger partial charge < -0.3 is 9.47 Å². The number of carbonyl (C=O) groups excluding carboxylic acids is 3. The number of amides is 4. The highest BCUT2D eigenvalue weighted by Gasteiger charge is 2.37. The fourth-order valence-corrected chi connectivity index (χ4v) is 3.83. The van der Waals surface area contributed by atoms with E-state index < -0.39 is 17.8 Å². The van der Waals surface area contributed by atoms with Crippen LogP contribution in [0.15, 0.2) is 76.8 Å². The van der Waals surface area contributed by atoms with Crippen molar-refractivity contribution in [3.63, 3.8) is 0 Å². The van der Waals surface area contributed by atoms with Crippen molar-refractivity contribution in [2.45, 2.75) is 13.8 Å². The zero-order valence-electron chi connectivity index (χ0n) is 19.2. The lowest BCUT2D eigenvalue weighted by molar-refractivity contribution is -0.122. The van der Waals surface area contributed by atoms with Crippen LogP contribution in [0, 0.1) is 13.8 Å². The zero-order valence-corrected chi connectivity index (χ0v) is 20.8. The summed E-state index contributed by atoms with van der Waals surface area (Å²) in [5.74, 6) is -0.275. The van der Waals surface area contributed by atoms with Crippen LogP contribution in [0.25, 0.3) is 6.08 Å². The molecule has 0 aliphatic carbocycles. The Balaban J connectivity index is 1.54. The largest absolute Gasteiger partial charge is 0.490 e. The highest BCUT2D eigenvalue weighted by Crippen LogP contribution is 2.28. The molecule has 1 saturated heterocycles. The van der Waals surface area contributed by atoms with E-state index in [2.05, 4.69) is 21.2 Å². The summed E-state index contributed by atoms with van der Waals surface area (Å²) in [6.07, 6.45) is 1.42. The minimum absolute atomic E-state index is 0.177. The molecule has 7 nitrogen and oxygen atoms in total. The van der Waals surface area contributed by atoms with Crippen molar-refractivity contribution in [2.24, 2.45) is 0 Å². The van der Waals surface area contributed by atoms with Crippen LogP contribution in [0.1, 0.15) is 16.7 Å². The Bertz CT molecular complexity index is 1300. The van der Waals surface area contributed by atoms with E-state index in [0.717, 1.165) is 26.2 Å². The number of hydrogen-bond acceptors (Lipinski definition) is 5. The number of hydrogen-bond donors (Lipinski definition) is 1. The first-order chi connectivity index (χ1) is 16.8. The molecule has 4 rings (SSSR count). The maximum absolute atomic E-state index is 13.2.